The van der Waals surface area contributed by atoms with Gasteiger partial charge in [-0.3, -0.25) is 14.9 Å². The van der Waals surface area contributed by atoms with Gasteiger partial charge in [0.05, 0.1) is 29.3 Å². The Morgan fingerprint density at radius 1 is 1.38 bits per heavy atom. The van der Waals surface area contributed by atoms with Crippen LogP contribution < -0.4 is 5.32 Å². The monoisotopic (exact) mass is 429 g/mol. The lowest BCUT2D eigenvalue weighted by Crippen LogP contribution is -2.12. The minimum atomic E-state index is -0.598. The first-order chi connectivity index (χ1) is 9.92. The van der Waals surface area contributed by atoms with Crippen LogP contribution in [-0.2, 0) is 0 Å². The molecule has 1 amide bonds. The molecule has 0 aliphatic carbocycles. The van der Waals surface area contributed by atoms with Gasteiger partial charge in [-0.1, -0.05) is 0 Å². The molecule has 6 nitrogen and oxygen atoms in total. The fourth-order valence-electron chi connectivity index (χ4n) is 1.53. The van der Waals surface area contributed by atoms with Gasteiger partial charge in [0.25, 0.3) is 11.6 Å². The van der Waals surface area contributed by atoms with Gasteiger partial charge in [0, 0.05) is 12.1 Å². The summed E-state index contributed by atoms with van der Waals surface area (Å²) in [4.78, 5) is 22.2. The summed E-state index contributed by atoms with van der Waals surface area (Å²) in [5.74, 6) is -0.408. The van der Waals surface area contributed by atoms with Crippen LogP contribution in [0.4, 0.5) is 11.4 Å². The zero-order valence-electron chi connectivity index (χ0n) is 10.1. The van der Waals surface area contributed by atoms with Gasteiger partial charge in [-0.15, -0.1) is 11.3 Å². The molecule has 2 rings (SSSR count). The lowest BCUT2D eigenvalue weighted by Gasteiger charge is -2.06. The number of hydrogen-bond acceptors (Lipinski definition) is 5. The molecule has 0 aliphatic rings. The number of thiophene rings is 1. The molecule has 1 aromatic heterocycles. The number of hydrogen-bond donors (Lipinski definition) is 1. The average Bonchev–Trinajstić information content (AvgIpc) is 2.78. The van der Waals surface area contributed by atoms with Crippen LogP contribution >= 0.6 is 43.2 Å². The molecule has 2 aromatic rings. The number of halogens is 2. The second kappa shape index (κ2) is 6.34. The van der Waals surface area contributed by atoms with Crippen molar-refractivity contribution in [3.63, 3.8) is 0 Å². The number of carbonyl (C=O) groups is 1. The number of rotatable bonds is 3. The molecule has 1 aromatic carbocycles. The van der Waals surface area contributed by atoms with Gasteiger partial charge in [0.1, 0.15) is 6.07 Å². The Hall–Kier alpha value is -1.76. The fourth-order valence-corrected chi connectivity index (χ4v) is 4.33. The topological polar surface area (TPSA) is 96.0 Å². The highest BCUT2D eigenvalue weighted by atomic mass is 79.9. The number of non-ortho nitro benzene ring substituents is 1. The number of nitro groups is 1. The first-order valence-electron chi connectivity index (χ1n) is 5.37. The first kappa shape index (κ1) is 15.6. The van der Waals surface area contributed by atoms with Gasteiger partial charge in [-0.05, 0) is 44.0 Å². The second-order valence-electron chi connectivity index (χ2n) is 3.79. The van der Waals surface area contributed by atoms with E-state index in [0.29, 0.717) is 9.35 Å². The highest BCUT2D eigenvalue weighted by molar-refractivity contribution is 9.12. The van der Waals surface area contributed by atoms with Crippen LogP contribution in [0.5, 0.6) is 0 Å². The van der Waals surface area contributed by atoms with E-state index >= 15 is 0 Å². The molecule has 0 saturated carbocycles. The summed E-state index contributed by atoms with van der Waals surface area (Å²) in [6.45, 7) is 0. The fraction of sp³-hybridized carbons (Fsp3) is 0. The Morgan fingerprint density at radius 3 is 2.62 bits per heavy atom. The van der Waals surface area contributed by atoms with Crippen molar-refractivity contribution in [3.8, 4) is 6.07 Å². The van der Waals surface area contributed by atoms with E-state index in [1.54, 1.807) is 6.07 Å². The summed E-state index contributed by atoms with van der Waals surface area (Å²) < 4.78 is 1.43. The largest absolute Gasteiger partial charge is 0.321 e. The average molecular weight is 431 g/mol. The Kier molecular flexibility index (Phi) is 4.72. The normalized spacial score (nSPS) is 9.95. The van der Waals surface area contributed by atoms with Crippen LogP contribution in [0, 0.1) is 21.4 Å². The van der Waals surface area contributed by atoms with Crippen molar-refractivity contribution < 1.29 is 9.72 Å². The number of carbonyl (C=O) groups excluding carboxylic acids is 1. The standard InChI is InChI=1S/C12H5Br2N3O3S/c13-10-4-8(11(14)21-10)12(18)16-9-2-1-7(17(19)20)3-6(9)5-15/h1-4H,(H,16,18). The molecule has 0 radical (unpaired) electrons. The summed E-state index contributed by atoms with van der Waals surface area (Å²) in [7, 11) is 0. The van der Waals surface area contributed by atoms with Crippen LogP contribution in [0.3, 0.4) is 0 Å². The minimum Gasteiger partial charge on any atom is -0.321 e. The van der Waals surface area contributed by atoms with Crippen LogP contribution in [0.1, 0.15) is 15.9 Å². The lowest BCUT2D eigenvalue weighted by atomic mass is 10.1. The van der Waals surface area contributed by atoms with Gasteiger partial charge in [-0.25, -0.2) is 0 Å². The van der Waals surface area contributed by atoms with Gasteiger partial charge in [-0.2, -0.15) is 5.26 Å². The number of benzene rings is 1. The molecule has 0 saturated heterocycles. The lowest BCUT2D eigenvalue weighted by molar-refractivity contribution is -0.384. The Labute approximate surface area is 139 Å². The Morgan fingerprint density at radius 2 is 2.10 bits per heavy atom. The van der Waals surface area contributed by atoms with Crippen LogP contribution in [0.2, 0.25) is 0 Å². The molecule has 9 heteroatoms. The third-order valence-electron chi connectivity index (χ3n) is 2.48. The molecule has 0 aliphatic heterocycles. The summed E-state index contributed by atoms with van der Waals surface area (Å²) >= 11 is 7.88. The maximum Gasteiger partial charge on any atom is 0.270 e. The zero-order chi connectivity index (χ0) is 15.6. The van der Waals surface area contributed by atoms with Crippen molar-refractivity contribution in [2.24, 2.45) is 0 Å². The maximum absolute atomic E-state index is 12.1. The summed E-state index contributed by atoms with van der Waals surface area (Å²) in [6.07, 6.45) is 0. The van der Waals surface area contributed by atoms with E-state index in [9.17, 15) is 14.9 Å². The molecule has 0 fully saturated rings. The quantitative estimate of drug-likeness (QED) is 0.579. The van der Waals surface area contributed by atoms with Crippen molar-refractivity contribution >= 4 is 60.5 Å². The third-order valence-corrected chi connectivity index (χ3v) is 4.82. The van der Waals surface area contributed by atoms with E-state index in [0.717, 1.165) is 9.85 Å². The molecule has 0 atom stereocenters. The predicted molar refractivity (Wildman–Crippen MR) is 85.5 cm³/mol. The summed E-state index contributed by atoms with van der Waals surface area (Å²) in [6, 6.07) is 7.16. The predicted octanol–water partition coefficient (Wildman–Crippen LogP) is 4.31. The highest BCUT2D eigenvalue weighted by Crippen LogP contribution is 2.32. The zero-order valence-corrected chi connectivity index (χ0v) is 14.1. The molecule has 21 heavy (non-hydrogen) atoms. The van der Waals surface area contributed by atoms with Gasteiger partial charge in [0.2, 0.25) is 0 Å². The molecular formula is C12H5Br2N3O3S. The van der Waals surface area contributed by atoms with Crippen molar-refractivity contribution in [1.82, 2.24) is 0 Å². The molecule has 1 N–H and O–H groups in total. The summed E-state index contributed by atoms with van der Waals surface area (Å²) in [5, 5.41) is 22.3. The first-order valence-corrected chi connectivity index (χ1v) is 7.77. The van der Waals surface area contributed by atoms with Crippen molar-refractivity contribution in [1.29, 1.82) is 5.26 Å². The molecule has 0 unspecified atom stereocenters. The number of nitrogens with one attached hydrogen (secondary N) is 1. The van der Waals surface area contributed by atoms with E-state index in [-0.39, 0.29) is 16.9 Å². The van der Waals surface area contributed by atoms with Crippen molar-refractivity contribution in [3.05, 3.63) is 53.1 Å². The van der Waals surface area contributed by atoms with Crippen molar-refractivity contribution in [2.75, 3.05) is 5.32 Å². The number of anilines is 1. The van der Waals surface area contributed by atoms with E-state index in [1.807, 2.05) is 6.07 Å². The van der Waals surface area contributed by atoms with E-state index in [1.165, 1.54) is 23.5 Å². The molecular weight excluding hydrogens is 426 g/mol. The smallest absolute Gasteiger partial charge is 0.270 e. The SMILES string of the molecule is N#Cc1cc([N+](=O)[O-])ccc1NC(=O)c1cc(Br)sc1Br. The van der Waals surface area contributed by atoms with Gasteiger partial charge >= 0.3 is 0 Å². The second-order valence-corrected chi connectivity index (χ2v) is 7.54. The molecule has 106 valence electrons. The van der Waals surface area contributed by atoms with E-state index in [4.69, 9.17) is 5.26 Å². The molecule has 1 heterocycles. The highest BCUT2D eigenvalue weighted by Gasteiger charge is 2.17. The van der Waals surface area contributed by atoms with Gasteiger partial charge < -0.3 is 5.32 Å². The number of nitro benzene ring substituents is 1. The number of amides is 1. The maximum atomic E-state index is 12.1. The van der Waals surface area contributed by atoms with E-state index in [2.05, 4.69) is 37.2 Å². The minimum absolute atomic E-state index is 0.0305. The van der Waals surface area contributed by atoms with Crippen LogP contribution in [-0.4, -0.2) is 10.8 Å². The van der Waals surface area contributed by atoms with Gasteiger partial charge in [0.15, 0.2) is 0 Å². The third kappa shape index (κ3) is 3.47. The number of nitrogens with zero attached hydrogens (tertiary/aromatic N) is 2. The molecule has 0 bridgehead atoms. The Balaban J connectivity index is 2.32. The van der Waals surface area contributed by atoms with Crippen molar-refractivity contribution in [2.45, 2.75) is 0 Å². The Bertz CT molecular complexity index is 783. The number of nitriles is 1. The molecule has 0 spiro atoms. The van der Waals surface area contributed by atoms with Crippen LogP contribution in [0.15, 0.2) is 31.8 Å². The van der Waals surface area contributed by atoms with Crippen LogP contribution in [0.25, 0.3) is 0 Å². The summed E-state index contributed by atoms with van der Waals surface area (Å²) in [5.41, 5.74) is 0.461. The van der Waals surface area contributed by atoms with E-state index < -0.39 is 10.8 Å².